The van der Waals surface area contributed by atoms with E-state index in [9.17, 15) is 23.7 Å². The van der Waals surface area contributed by atoms with E-state index in [2.05, 4.69) is 5.32 Å². The average Bonchev–Trinajstić information content (AvgIpc) is 2.58. The lowest BCUT2D eigenvalue weighted by atomic mass is 10.1. The van der Waals surface area contributed by atoms with Crippen molar-refractivity contribution in [1.82, 2.24) is 4.90 Å². The average molecular weight is 384 g/mol. The van der Waals surface area contributed by atoms with Gasteiger partial charge in [0.25, 0.3) is 5.69 Å². The van der Waals surface area contributed by atoms with Crippen LogP contribution in [0.5, 0.6) is 0 Å². The van der Waals surface area contributed by atoms with Crippen LogP contribution in [0, 0.1) is 21.7 Å². The summed E-state index contributed by atoms with van der Waals surface area (Å²) in [4.78, 5) is 24.1. The van der Waals surface area contributed by atoms with Crippen molar-refractivity contribution in [2.24, 2.45) is 0 Å². The quantitative estimate of drug-likeness (QED) is 0.604. The molecule has 0 fully saturated rings. The smallest absolute Gasteiger partial charge is 0.271 e. The molecule has 0 aliphatic heterocycles. The Bertz CT molecular complexity index is 848. The molecular weight excluding hydrogens is 368 g/mol. The van der Waals surface area contributed by atoms with Crippen LogP contribution in [-0.2, 0) is 11.3 Å². The van der Waals surface area contributed by atoms with Crippen LogP contribution in [0.3, 0.4) is 0 Å². The molecule has 26 heavy (non-hydrogen) atoms. The van der Waals surface area contributed by atoms with E-state index in [0.717, 1.165) is 18.2 Å². The largest absolute Gasteiger partial charge is 0.323 e. The second-order valence-electron chi connectivity index (χ2n) is 5.75. The minimum atomic E-state index is -0.953. The number of nitrogens with zero attached hydrogens (tertiary/aromatic N) is 2. The highest BCUT2D eigenvalue weighted by atomic mass is 35.5. The normalized spacial score (nSPS) is 12.1. The number of hydrogen-bond donors (Lipinski definition) is 1. The zero-order valence-electron chi connectivity index (χ0n) is 14.0. The molecule has 6 nitrogen and oxygen atoms in total. The molecule has 1 amide bonds. The third kappa shape index (κ3) is 4.74. The van der Waals surface area contributed by atoms with E-state index in [1.54, 1.807) is 18.9 Å². The number of benzene rings is 2. The third-order valence-electron chi connectivity index (χ3n) is 3.88. The highest BCUT2D eigenvalue weighted by Crippen LogP contribution is 2.27. The van der Waals surface area contributed by atoms with Gasteiger partial charge in [-0.2, -0.15) is 0 Å². The molecule has 138 valence electrons. The molecule has 0 aliphatic rings. The SMILES string of the molecule is CC(C(=O)Nc1ccc([N+](=O)[O-])cc1Cl)N(C)Cc1ccc(F)c(F)c1. The predicted molar refractivity (Wildman–Crippen MR) is 94.0 cm³/mol. The van der Waals surface area contributed by atoms with Gasteiger partial charge in [-0.1, -0.05) is 17.7 Å². The summed E-state index contributed by atoms with van der Waals surface area (Å²) in [7, 11) is 1.66. The number of halogens is 3. The van der Waals surface area contributed by atoms with E-state index in [0.29, 0.717) is 5.56 Å². The fourth-order valence-electron chi connectivity index (χ4n) is 2.22. The van der Waals surface area contributed by atoms with Crippen molar-refractivity contribution in [2.75, 3.05) is 12.4 Å². The van der Waals surface area contributed by atoms with Crippen molar-refractivity contribution in [3.05, 3.63) is 68.7 Å². The molecular formula is C17H16ClF2N3O3. The van der Waals surface area contributed by atoms with Crippen molar-refractivity contribution in [3.8, 4) is 0 Å². The number of carbonyl (C=O) groups is 1. The van der Waals surface area contributed by atoms with Crippen LogP contribution >= 0.6 is 11.6 Å². The molecule has 0 aromatic heterocycles. The number of non-ortho nitro benzene ring substituents is 1. The van der Waals surface area contributed by atoms with E-state index in [1.165, 1.54) is 18.2 Å². The minimum Gasteiger partial charge on any atom is -0.323 e. The summed E-state index contributed by atoms with van der Waals surface area (Å²) >= 11 is 5.95. The summed E-state index contributed by atoms with van der Waals surface area (Å²) in [6.45, 7) is 1.86. The highest BCUT2D eigenvalue weighted by Gasteiger charge is 2.20. The Hall–Kier alpha value is -2.58. The zero-order valence-corrected chi connectivity index (χ0v) is 14.8. The van der Waals surface area contributed by atoms with Crippen LogP contribution < -0.4 is 5.32 Å². The topological polar surface area (TPSA) is 75.5 Å². The van der Waals surface area contributed by atoms with E-state index < -0.39 is 28.5 Å². The van der Waals surface area contributed by atoms with Crippen LogP contribution in [0.4, 0.5) is 20.2 Å². The van der Waals surface area contributed by atoms with Gasteiger partial charge in [-0.05, 0) is 37.7 Å². The number of rotatable bonds is 6. The van der Waals surface area contributed by atoms with Gasteiger partial charge in [0, 0.05) is 18.7 Å². The fourth-order valence-corrected chi connectivity index (χ4v) is 2.44. The first-order valence-electron chi connectivity index (χ1n) is 7.58. The molecule has 0 aliphatic carbocycles. The lowest BCUT2D eigenvalue weighted by Crippen LogP contribution is -2.39. The Kier molecular flexibility index (Phi) is 6.23. The molecule has 1 unspecified atom stereocenters. The highest BCUT2D eigenvalue weighted by molar-refractivity contribution is 6.34. The van der Waals surface area contributed by atoms with Crippen molar-refractivity contribution in [2.45, 2.75) is 19.5 Å². The molecule has 1 N–H and O–H groups in total. The monoisotopic (exact) mass is 383 g/mol. The molecule has 2 aromatic carbocycles. The zero-order chi connectivity index (χ0) is 19.4. The summed E-state index contributed by atoms with van der Waals surface area (Å²) in [5.41, 5.74) is 0.575. The molecule has 0 saturated heterocycles. The summed E-state index contributed by atoms with van der Waals surface area (Å²) in [5, 5.41) is 13.3. The maximum atomic E-state index is 13.3. The van der Waals surface area contributed by atoms with Gasteiger partial charge in [-0.25, -0.2) is 8.78 Å². The van der Waals surface area contributed by atoms with Gasteiger partial charge in [0.2, 0.25) is 5.91 Å². The first kappa shape index (κ1) is 19.7. The Morgan fingerprint density at radius 2 is 1.96 bits per heavy atom. The lowest BCUT2D eigenvalue weighted by molar-refractivity contribution is -0.384. The van der Waals surface area contributed by atoms with Crippen LogP contribution in [0.25, 0.3) is 0 Å². The molecule has 0 bridgehead atoms. The number of amides is 1. The van der Waals surface area contributed by atoms with Gasteiger partial charge in [-0.3, -0.25) is 19.8 Å². The minimum absolute atomic E-state index is 0.0445. The molecule has 2 rings (SSSR count). The molecule has 9 heteroatoms. The Morgan fingerprint density at radius 1 is 1.27 bits per heavy atom. The van der Waals surface area contributed by atoms with Gasteiger partial charge in [-0.15, -0.1) is 0 Å². The fraction of sp³-hybridized carbons (Fsp3) is 0.235. The van der Waals surface area contributed by atoms with Crippen LogP contribution in [-0.4, -0.2) is 28.8 Å². The Morgan fingerprint density at radius 3 is 2.54 bits per heavy atom. The second-order valence-corrected chi connectivity index (χ2v) is 6.16. The third-order valence-corrected chi connectivity index (χ3v) is 4.19. The Balaban J connectivity index is 2.04. The van der Waals surface area contributed by atoms with Crippen LogP contribution in [0.1, 0.15) is 12.5 Å². The standard InChI is InChI=1S/C17H16ClF2N3O3/c1-10(22(2)9-11-3-5-14(19)15(20)7-11)17(24)21-16-6-4-12(23(25)26)8-13(16)18/h3-8,10H,9H2,1-2H3,(H,21,24). The Labute approximate surface area is 153 Å². The first-order valence-corrected chi connectivity index (χ1v) is 7.96. The van der Waals surface area contributed by atoms with Crippen molar-refractivity contribution >= 4 is 28.9 Å². The van der Waals surface area contributed by atoms with Gasteiger partial charge >= 0.3 is 0 Å². The second kappa shape index (κ2) is 8.20. The molecule has 0 heterocycles. The first-order chi connectivity index (χ1) is 12.2. The van der Waals surface area contributed by atoms with E-state index in [4.69, 9.17) is 11.6 Å². The van der Waals surface area contributed by atoms with Crippen molar-refractivity contribution in [3.63, 3.8) is 0 Å². The summed E-state index contributed by atoms with van der Waals surface area (Å²) in [6.07, 6.45) is 0. The summed E-state index contributed by atoms with van der Waals surface area (Å²) in [5.74, 6) is -2.29. The lowest BCUT2D eigenvalue weighted by Gasteiger charge is -2.24. The van der Waals surface area contributed by atoms with Gasteiger partial charge in [0.05, 0.1) is 21.7 Å². The number of hydrogen-bond acceptors (Lipinski definition) is 4. The summed E-state index contributed by atoms with van der Waals surface area (Å²) < 4.78 is 26.2. The number of likely N-dealkylation sites (N-methyl/N-ethyl adjacent to an activating group) is 1. The van der Waals surface area contributed by atoms with Gasteiger partial charge < -0.3 is 5.32 Å². The summed E-state index contributed by atoms with van der Waals surface area (Å²) in [6, 6.07) is 6.65. The molecule has 0 spiro atoms. The number of nitro groups is 1. The number of nitrogens with one attached hydrogen (secondary N) is 1. The molecule has 2 aromatic rings. The van der Waals surface area contributed by atoms with Crippen LogP contribution in [0.2, 0.25) is 5.02 Å². The van der Waals surface area contributed by atoms with E-state index in [-0.39, 0.29) is 22.9 Å². The number of carbonyl (C=O) groups excluding carboxylic acids is 1. The maximum Gasteiger partial charge on any atom is 0.271 e. The van der Waals surface area contributed by atoms with Crippen molar-refractivity contribution < 1.29 is 18.5 Å². The van der Waals surface area contributed by atoms with Gasteiger partial charge in [0.1, 0.15) is 0 Å². The van der Waals surface area contributed by atoms with E-state index in [1.807, 2.05) is 0 Å². The van der Waals surface area contributed by atoms with E-state index >= 15 is 0 Å². The van der Waals surface area contributed by atoms with Crippen molar-refractivity contribution in [1.29, 1.82) is 0 Å². The molecule has 0 saturated carbocycles. The maximum absolute atomic E-state index is 13.3. The predicted octanol–water partition coefficient (Wildman–Crippen LogP) is 3.99. The number of nitro benzene ring substituents is 1. The molecule has 1 atom stereocenters. The molecule has 0 radical (unpaired) electrons. The number of anilines is 1. The van der Waals surface area contributed by atoms with Gasteiger partial charge in [0.15, 0.2) is 11.6 Å². The van der Waals surface area contributed by atoms with Crippen LogP contribution in [0.15, 0.2) is 36.4 Å².